The van der Waals surface area contributed by atoms with Crippen LogP contribution in [0.15, 0.2) is 24.3 Å². The van der Waals surface area contributed by atoms with E-state index in [9.17, 15) is 14.9 Å². The van der Waals surface area contributed by atoms with Gasteiger partial charge < -0.3 is 10.4 Å². The number of nitrogens with zero attached hydrogens (tertiary/aromatic N) is 1. The molecule has 2 N–H and O–H groups in total. The summed E-state index contributed by atoms with van der Waals surface area (Å²) in [5.41, 5.74) is 0.845. The van der Waals surface area contributed by atoms with Crippen molar-refractivity contribution < 1.29 is 14.8 Å². The third kappa shape index (κ3) is 4.20. The second-order valence-electron chi connectivity index (χ2n) is 3.71. The Morgan fingerprint density at radius 1 is 1.47 bits per heavy atom. The Balaban J connectivity index is 2.67. The topological polar surface area (TPSA) is 92.5 Å². The zero-order valence-electron chi connectivity index (χ0n) is 9.42. The van der Waals surface area contributed by atoms with E-state index in [-0.39, 0.29) is 24.2 Å². The molecule has 17 heavy (non-hydrogen) atoms. The van der Waals surface area contributed by atoms with Crippen molar-refractivity contribution in [3.05, 3.63) is 39.9 Å². The summed E-state index contributed by atoms with van der Waals surface area (Å²) in [4.78, 5) is 20.8. The second-order valence-corrected chi connectivity index (χ2v) is 3.71. The summed E-state index contributed by atoms with van der Waals surface area (Å²) in [5.74, 6) is -0.217. The number of amides is 1. The maximum absolute atomic E-state index is 10.8. The lowest BCUT2D eigenvalue weighted by molar-refractivity contribution is -0.384. The highest BCUT2D eigenvalue weighted by Gasteiger charge is 2.10. The highest BCUT2D eigenvalue weighted by Crippen LogP contribution is 2.13. The molecule has 6 heteroatoms. The molecule has 0 heterocycles. The number of nitro groups is 1. The number of aliphatic hydroxyl groups is 1. The van der Waals surface area contributed by atoms with Crippen LogP contribution < -0.4 is 5.32 Å². The van der Waals surface area contributed by atoms with E-state index < -0.39 is 4.92 Å². The lowest BCUT2D eigenvalue weighted by Crippen LogP contribution is -2.37. The number of aliphatic hydroxyl groups excluding tert-OH is 1. The molecule has 6 nitrogen and oxygen atoms in total. The maximum atomic E-state index is 10.8. The predicted molar refractivity (Wildman–Crippen MR) is 61.5 cm³/mol. The van der Waals surface area contributed by atoms with Gasteiger partial charge in [-0.15, -0.1) is 0 Å². The summed E-state index contributed by atoms with van der Waals surface area (Å²) in [6, 6.07) is 5.66. The molecule has 0 saturated carbocycles. The Bertz CT molecular complexity index is 402. The fourth-order valence-electron chi connectivity index (χ4n) is 1.49. The normalized spacial score (nSPS) is 11.9. The Hall–Kier alpha value is -1.95. The van der Waals surface area contributed by atoms with E-state index >= 15 is 0 Å². The van der Waals surface area contributed by atoms with Gasteiger partial charge in [-0.05, 0) is 12.0 Å². The van der Waals surface area contributed by atoms with E-state index in [1.54, 1.807) is 12.1 Å². The van der Waals surface area contributed by atoms with Crippen LogP contribution in [-0.2, 0) is 11.2 Å². The molecule has 0 fully saturated rings. The van der Waals surface area contributed by atoms with Gasteiger partial charge in [0.05, 0.1) is 17.6 Å². The smallest absolute Gasteiger partial charge is 0.269 e. The molecule has 0 aromatic heterocycles. The van der Waals surface area contributed by atoms with E-state index in [1.807, 2.05) is 0 Å². The van der Waals surface area contributed by atoms with Crippen molar-refractivity contribution in [1.82, 2.24) is 5.32 Å². The summed E-state index contributed by atoms with van der Waals surface area (Å²) < 4.78 is 0. The lowest BCUT2D eigenvalue weighted by Gasteiger charge is -2.14. The Morgan fingerprint density at radius 2 is 2.06 bits per heavy atom. The van der Waals surface area contributed by atoms with Crippen molar-refractivity contribution in [3.63, 3.8) is 0 Å². The maximum Gasteiger partial charge on any atom is 0.269 e. The Kier molecular flexibility index (Phi) is 4.59. The molecule has 0 aliphatic carbocycles. The molecule has 0 bridgehead atoms. The van der Waals surface area contributed by atoms with E-state index in [2.05, 4.69) is 5.32 Å². The molecule has 1 rings (SSSR count). The van der Waals surface area contributed by atoms with E-state index in [0.29, 0.717) is 6.42 Å². The van der Waals surface area contributed by atoms with Crippen molar-refractivity contribution in [2.24, 2.45) is 0 Å². The minimum Gasteiger partial charge on any atom is -0.394 e. The first kappa shape index (κ1) is 13.1. The van der Waals surface area contributed by atoms with Gasteiger partial charge in [0.1, 0.15) is 0 Å². The number of hydrogen-bond acceptors (Lipinski definition) is 4. The van der Waals surface area contributed by atoms with E-state index in [0.717, 1.165) is 5.56 Å². The van der Waals surface area contributed by atoms with Gasteiger partial charge in [0.2, 0.25) is 5.91 Å². The third-order valence-electron chi connectivity index (χ3n) is 2.26. The summed E-state index contributed by atoms with van der Waals surface area (Å²) in [6.45, 7) is 1.20. The summed E-state index contributed by atoms with van der Waals surface area (Å²) in [6.07, 6.45) is 0.439. The number of nitrogens with one attached hydrogen (secondary N) is 1. The van der Waals surface area contributed by atoms with Gasteiger partial charge in [-0.25, -0.2) is 0 Å². The molecule has 1 amide bonds. The number of carbonyl (C=O) groups is 1. The lowest BCUT2D eigenvalue weighted by atomic mass is 10.1. The number of non-ortho nitro benzene ring substituents is 1. The van der Waals surface area contributed by atoms with Gasteiger partial charge >= 0.3 is 0 Å². The first-order valence-corrected chi connectivity index (χ1v) is 5.14. The Morgan fingerprint density at radius 3 is 2.47 bits per heavy atom. The molecule has 0 saturated heterocycles. The van der Waals surface area contributed by atoms with Gasteiger partial charge in [0, 0.05) is 19.1 Å². The Labute approximate surface area is 98.4 Å². The van der Waals surface area contributed by atoms with Crippen molar-refractivity contribution in [2.45, 2.75) is 19.4 Å². The number of benzene rings is 1. The zero-order chi connectivity index (χ0) is 12.8. The van der Waals surface area contributed by atoms with Gasteiger partial charge in [0.25, 0.3) is 5.69 Å². The van der Waals surface area contributed by atoms with Gasteiger partial charge in [-0.3, -0.25) is 14.9 Å². The number of nitro benzene ring substituents is 1. The molecule has 0 unspecified atom stereocenters. The highest BCUT2D eigenvalue weighted by atomic mass is 16.6. The minimum atomic E-state index is -0.471. The van der Waals surface area contributed by atoms with Crippen LogP contribution in [-0.4, -0.2) is 28.6 Å². The van der Waals surface area contributed by atoms with Crippen LogP contribution in [0, 0.1) is 10.1 Å². The SMILES string of the molecule is CC(=O)N[C@H](CO)Cc1ccc([N+](=O)[O-])cc1. The van der Waals surface area contributed by atoms with Crippen molar-refractivity contribution in [3.8, 4) is 0 Å². The zero-order valence-corrected chi connectivity index (χ0v) is 9.42. The monoisotopic (exact) mass is 238 g/mol. The molecule has 0 aliphatic rings. The van der Waals surface area contributed by atoms with Crippen LogP contribution >= 0.6 is 0 Å². The van der Waals surface area contributed by atoms with Crippen LogP contribution in [0.3, 0.4) is 0 Å². The minimum absolute atomic E-state index is 0.0221. The molecule has 0 aliphatic heterocycles. The quantitative estimate of drug-likeness (QED) is 0.581. The van der Waals surface area contributed by atoms with E-state index in [4.69, 9.17) is 5.11 Å². The molecular formula is C11H14N2O4. The fraction of sp³-hybridized carbons (Fsp3) is 0.364. The second kappa shape index (κ2) is 5.95. The third-order valence-corrected chi connectivity index (χ3v) is 2.26. The van der Waals surface area contributed by atoms with Crippen LogP contribution in [0.5, 0.6) is 0 Å². The van der Waals surface area contributed by atoms with Crippen LogP contribution in [0.25, 0.3) is 0 Å². The molecule has 92 valence electrons. The fourth-order valence-corrected chi connectivity index (χ4v) is 1.49. The molecule has 1 atom stereocenters. The van der Waals surface area contributed by atoms with E-state index in [1.165, 1.54) is 19.1 Å². The first-order chi connectivity index (χ1) is 8.02. The number of carbonyl (C=O) groups excluding carboxylic acids is 1. The van der Waals surface area contributed by atoms with Gasteiger partial charge in [0.15, 0.2) is 0 Å². The summed E-state index contributed by atoms with van der Waals surface area (Å²) in [5, 5.41) is 22.1. The van der Waals surface area contributed by atoms with Crippen LogP contribution in [0.4, 0.5) is 5.69 Å². The molecular weight excluding hydrogens is 224 g/mol. The first-order valence-electron chi connectivity index (χ1n) is 5.14. The highest BCUT2D eigenvalue weighted by molar-refractivity contribution is 5.73. The predicted octanol–water partition coefficient (Wildman–Crippen LogP) is 0.634. The number of rotatable bonds is 5. The number of hydrogen-bond donors (Lipinski definition) is 2. The van der Waals surface area contributed by atoms with Crippen molar-refractivity contribution in [2.75, 3.05) is 6.61 Å². The van der Waals surface area contributed by atoms with Crippen molar-refractivity contribution in [1.29, 1.82) is 0 Å². The largest absolute Gasteiger partial charge is 0.394 e. The molecule has 0 spiro atoms. The molecule has 0 radical (unpaired) electrons. The summed E-state index contributed by atoms with van der Waals surface area (Å²) in [7, 11) is 0. The van der Waals surface area contributed by atoms with Gasteiger partial charge in [-0.1, -0.05) is 12.1 Å². The molecule has 1 aromatic rings. The average molecular weight is 238 g/mol. The molecule has 1 aromatic carbocycles. The summed E-state index contributed by atoms with van der Waals surface area (Å²) >= 11 is 0. The van der Waals surface area contributed by atoms with Crippen LogP contribution in [0.2, 0.25) is 0 Å². The van der Waals surface area contributed by atoms with Gasteiger partial charge in [-0.2, -0.15) is 0 Å². The van der Waals surface area contributed by atoms with Crippen molar-refractivity contribution >= 4 is 11.6 Å². The average Bonchev–Trinajstić information content (AvgIpc) is 2.28. The standard InChI is InChI=1S/C11H14N2O4/c1-8(15)12-10(7-14)6-9-2-4-11(5-3-9)13(16)17/h2-5,10,14H,6-7H2,1H3,(H,12,15)/t10-/m0/s1. The van der Waals surface area contributed by atoms with Crippen LogP contribution in [0.1, 0.15) is 12.5 Å².